The Hall–Kier alpha value is -0.290. The minimum absolute atomic E-state index is 0. The third-order valence-corrected chi connectivity index (χ3v) is 3.81. The van der Waals surface area contributed by atoms with E-state index in [-0.39, 0.29) is 36.4 Å². The molecule has 1 fully saturated rings. The Morgan fingerprint density at radius 2 is 2.17 bits per heavy atom. The van der Waals surface area contributed by atoms with E-state index in [2.05, 4.69) is 11.9 Å². The van der Waals surface area contributed by atoms with E-state index >= 15 is 0 Å². The van der Waals surface area contributed by atoms with Crippen molar-refractivity contribution in [1.29, 1.82) is 0 Å². The second kappa shape index (κ2) is 6.24. The predicted molar refractivity (Wildman–Crippen MR) is 76.0 cm³/mol. The van der Waals surface area contributed by atoms with Crippen molar-refractivity contribution < 1.29 is 9.53 Å². The molecule has 2 unspecified atom stereocenters. The molecule has 0 aliphatic heterocycles. The maximum Gasteiger partial charge on any atom is 0.241 e. The van der Waals surface area contributed by atoms with Gasteiger partial charge in [-0.15, -0.1) is 12.4 Å². The molecule has 6 heteroatoms. The smallest absolute Gasteiger partial charge is 0.241 e. The monoisotopic (exact) mass is 296 g/mol. The molecule has 1 aliphatic rings. The van der Waals surface area contributed by atoms with Crippen molar-refractivity contribution >= 4 is 29.9 Å². The van der Waals surface area contributed by atoms with Gasteiger partial charge >= 0.3 is 0 Å². The SMILES string of the molecule is C=C(Cl)CNC(=O)C1(N)CC(OCC)C1(C)C.Cl. The van der Waals surface area contributed by atoms with Crippen LogP contribution in [0.5, 0.6) is 0 Å². The van der Waals surface area contributed by atoms with Crippen LogP contribution in [0.15, 0.2) is 11.6 Å². The number of nitrogens with one attached hydrogen (secondary N) is 1. The standard InChI is InChI=1S/C12H21ClN2O2.ClH/c1-5-17-9-6-12(14,11(9,3)4)10(16)15-7-8(2)13;/h9H,2,5-7,14H2,1,3-4H3,(H,15,16);1H. The van der Waals surface area contributed by atoms with E-state index in [0.717, 1.165) is 0 Å². The second-order valence-electron chi connectivity index (χ2n) is 5.04. The van der Waals surface area contributed by atoms with E-state index in [1.54, 1.807) is 0 Å². The highest BCUT2D eigenvalue weighted by Crippen LogP contribution is 2.49. The summed E-state index contributed by atoms with van der Waals surface area (Å²) in [4.78, 5) is 12.0. The fraction of sp³-hybridized carbons (Fsp3) is 0.750. The largest absolute Gasteiger partial charge is 0.378 e. The minimum Gasteiger partial charge on any atom is -0.378 e. The number of hydrogen-bond donors (Lipinski definition) is 2. The van der Waals surface area contributed by atoms with Crippen LogP contribution in [0.2, 0.25) is 0 Å². The van der Waals surface area contributed by atoms with Crippen molar-refractivity contribution in [2.75, 3.05) is 13.2 Å². The van der Waals surface area contributed by atoms with E-state index in [4.69, 9.17) is 22.1 Å². The lowest BCUT2D eigenvalue weighted by Gasteiger charge is -2.57. The molecule has 1 rings (SSSR count). The number of halogens is 2. The van der Waals surface area contributed by atoms with Crippen molar-refractivity contribution in [2.24, 2.45) is 11.1 Å². The van der Waals surface area contributed by atoms with Crippen LogP contribution in [0.25, 0.3) is 0 Å². The van der Waals surface area contributed by atoms with Crippen LogP contribution in [0.3, 0.4) is 0 Å². The summed E-state index contributed by atoms with van der Waals surface area (Å²) >= 11 is 5.61. The van der Waals surface area contributed by atoms with E-state index in [1.807, 2.05) is 20.8 Å². The van der Waals surface area contributed by atoms with Gasteiger partial charge in [0.15, 0.2) is 0 Å². The first kappa shape index (κ1) is 17.7. The summed E-state index contributed by atoms with van der Waals surface area (Å²) in [5.41, 5.74) is 4.90. The Balaban J connectivity index is 0.00000289. The van der Waals surface area contributed by atoms with E-state index < -0.39 is 5.54 Å². The number of nitrogens with two attached hydrogens (primary N) is 1. The lowest BCUT2D eigenvalue weighted by molar-refractivity contribution is -0.170. The van der Waals surface area contributed by atoms with Crippen molar-refractivity contribution in [3.63, 3.8) is 0 Å². The Kier molecular flexibility index (Phi) is 6.14. The first-order valence-corrected chi connectivity index (χ1v) is 6.15. The zero-order chi connectivity index (χ0) is 13.3. The van der Waals surface area contributed by atoms with Gasteiger partial charge in [-0.25, -0.2) is 0 Å². The number of amides is 1. The van der Waals surface area contributed by atoms with Crippen molar-refractivity contribution in [3.8, 4) is 0 Å². The molecule has 2 atom stereocenters. The Morgan fingerprint density at radius 1 is 1.61 bits per heavy atom. The molecule has 3 N–H and O–H groups in total. The maximum atomic E-state index is 12.0. The van der Waals surface area contributed by atoms with Crippen molar-refractivity contribution in [3.05, 3.63) is 11.6 Å². The van der Waals surface area contributed by atoms with Gasteiger partial charge in [0, 0.05) is 23.5 Å². The summed E-state index contributed by atoms with van der Waals surface area (Å²) in [6, 6.07) is 0. The molecule has 0 saturated heterocycles. The zero-order valence-electron chi connectivity index (χ0n) is 11.1. The van der Waals surface area contributed by atoms with Crippen LogP contribution in [-0.2, 0) is 9.53 Å². The highest BCUT2D eigenvalue weighted by Gasteiger charge is 2.62. The number of carbonyl (C=O) groups excluding carboxylic acids is 1. The summed E-state index contributed by atoms with van der Waals surface area (Å²) in [5, 5.41) is 3.08. The molecule has 0 radical (unpaired) electrons. The molecule has 18 heavy (non-hydrogen) atoms. The predicted octanol–water partition coefficient (Wildman–Crippen LogP) is 1.81. The number of ether oxygens (including phenoxy) is 1. The fourth-order valence-electron chi connectivity index (χ4n) is 2.15. The van der Waals surface area contributed by atoms with Crippen molar-refractivity contribution in [1.82, 2.24) is 5.32 Å². The summed E-state index contributed by atoms with van der Waals surface area (Å²) in [6.07, 6.45) is 0.566. The van der Waals surface area contributed by atoms with Crippen molar-refractivity contribution in [2.45, 2.75) is 38.8 Å². The molecule has 4 nitrogen and oxygen atoms in total. The Morgan fingerprint density at radius 3 is 2.56 bits per heavy atom. The number of rotatable bonds is 5. The highest BCUT2D eigenvalue weighted by atomic mass is 35.5. The van der Waals surface area contributed by atoms with E-state index in [9.17, 15) is 4.79 Å². The average Bonchev–Trinajstić information content (AvgIpc) is 2.25. The summed E-state index contributed by atoms with van der Waals surface area (Å²) in [5.74, 6) is -0.194. The molecular weight excluding hydrogens is 275 g/mol. The quantitative estimate of drug-likeness (QED) is 0.813. The molecular formula is C12H22Cl2N2O2. The van der Waals surface area contributed by atoms with Crippen LogP contribution in [0.1, 0.15) is 27.2 Å². The first-order chi connectivity index (χ1) is 7.75. The first-order valence-electron chi connectivity index (χ1n) is 5.77. The van der Waals surface area contributed by atoms with Crippen LogP contribution < -0.4 is 11.1 Å². The molecule has 106 valence electrons. The highest BCUT2D eigenvalue weighted by molar-refractivity contribution is 6.29. The number of carbonyl (C=O) groups is 1. The lowest BCUT2D eigenvalue weighted by Crippen LogP contribution is -2.75. The van der Waals surface area contributed by atoms with Gasteiger partial charge in [-0.1, -0.05) is 32.0 Å². The lowest BCUT2D eigenvalue weighted by atomic mass is 9.54. The summed E-state index contributed by atoms with van der Waals surface area (Å²) in [7, 11) is 0. The maximum absolute atomic E-state index is 12.0. The van der Waals surface area contributed by atoms with E-state index in [1.165, 1.54) is 0 Å². The molecule has 0 heterocycles. The summed E-state index contributed by atoms with van der Waals surface area (Å²) in [6.45, 7) is 10.2. The fourth-order valence-corrected chi connectivity index (χ4v) is 2.22. The average molecular weight is 297 g/mol. The topological polar surface area (TPSA) is 64.4 Å². The molecule has 0 aromatic rings. The van der Waals surface area contributed by atoms with Gasteiger partial charge in [0.1, 0.15) is 5.54 Å². The normalized spacial score (nSPS) is 28.8. The molecule has 0 spiro atoms. The second-order valence-corrected chi connectivity index (χ2v) is 5.58. The van der Waals surface area contributed by atoms with Gasteiger partial charge in [-0.3, -0.25) is 4.79 Å². The van der Waals surface area contributed by atoms with Crippen LogP contribution in [0, 0.1) is 5.41 Å². The van der Waals surface area contributed by atoms with Gasteiger partial charge < -0.3 is 15.8 Å². The van der Waals surface area contributed by atoms with Crippen LogP contribution >= 0.6 is 24.0 Å². The van der Waals surface area contributed by atoms with Gasteiger partial charge in [-0.05, 0) is 6.92 Å². The zero-order valence-corrected chi connectivity index (χ0v) is 12.7. The third kappa shape index (κ3) is 2.99. The molecule has 1 aliphatic carbocycles. The van der Waals surface area contributed by atoms with Gasteiger partial charge in [0.25, 0.3) is 0 Å². The Labute approximate surface area is 120 Å². The number of hydrogen-bond acceptors (Lipinski definition) is 3. The minimum atomic E-state index is -0.890. The summed E-state index contributed by atoms with van der Waals surface area (Å²) < 4.78 is 5.56. The van der Waals surface area contributed by atoms with Gasteiger partial charge in [0.05, 0.1) is 12.6 Å². The molecule has 0 bridgehead atoms. The van der Waals surface area contributed by atoms with E-state index in [0.29, 0.717) is 18.1 Å². The molecule has 0 aromatic carbocycles. The van der Waals surface area contributed by atoms with Gasteiger partial charge in [-0.2, -0.15) is 0 Å². The molecule has 1 saturated carbocycles. The van der Waals surface area contributed by atoms with Crippen LogP contribution in [-0.4, -0.2) is 30.7 Å². The Bertz CT molecular complexity index is 334. The molecule has 0 aromatic heterocycles. The third-order valence-electron chi connectivity index (χ3n) is 3.68. The van der Waals surface area contributed by atoms with Gasteiger partial charge in [0.2, 0.25) is 5.91 Å². The molecule has 1 amide bonds. The van der Waals surface area contributed by atoms with Crippen LogP contribution in [0.4, 0.5) is 0 Å².